The maximum atomic E-state index is 11.9. The molecule has 0 amide bonds. The van der Waals surface area contributed by atoms with Gasteiger partial charge in [-0.25, -0.2) is 9.59 Å². The van der Waals surface area contributed by atoms with E-state index >= 15 is 0 Å². The molecule has 1 aliphatic rings. The van der Waals surface area contributed by atoms with Gasteiger partial charge in [0.05, 0.1) is 0 Å². The van der Waals surface area contributed by atoms with Gasteiger partial charge in [0.15, 0.2) is 0 Å². The molecule has 0 bridgehead atoms. The summed E-state index contributed by atoms with van der Waals surface area (Å²) in [5.74, 6) is -2.49. The first-order valence-electron chi connectivity index (χ1n) is 6.61. The van der Waals surface area contributed by atoms with Gasteiger partial charge in [-0.1, -0.05) is 25.1 Å². The molecule has 0 radical (unpaired) electrons. The second-order valence-corrected chi connectivity index (χ2v) is 5.24. The Balaban J connectivity index is 2.46. The Morgan fingerprint density at radius 3 is 2.30 bits per heavy atom. The van der Waals surface area contributed by atoms with Crippen molar-refractivity contribution in [3.8, 4) is 0 Å². The number of hydrogen-bond acceptors (Lipinski definition) is 4. The second kappa shape index (κ2) is 5.12. The average molecular weight is 274 g/mol. The van der Waals surface area contributed by atoms with Crippen molar-refractivity contribution in [3.63, 3.8) is 0 Å². The Morgan fingerprint density at radius 2 is 1.75 bits per heavy atom. The van der Waals surface area contributed by atoms with Gasteiger partial charge in [0.2, 0.25) is 0 Å². The fraction of sp³-hybridized carbons (Fsp3) is 0.375. The minimum absolute atomic E-state index is 0.0617. The Morgan fingerprint density at radius 1 is 1.15 bits per heavy atom. The molecule has 0 spiro atoms. The maximum absolute atomic E-state index is 11.9. The zero-order valence-electron chi connectivity index (χ0n) is 12.1. The van der Waals surface area contributed by atoms with E-state index in [4.69, 9.17) is 9.47 Å². The number of ether oxygens (including phenoxy) is 2. The summed E-state index contributed by atoms with van der Waals surface area (Å²) in [6, 6.07) is 5.87. The van der Waals surface area contributed by atoms with Crippen molar-refractivity contribution >= 4 is 18.0 Å². The predicted molar refractivity (Wildman–Crippen MR) is 74.8 cm³/mol. The van der Waals surface area contributed by atoms with E-state index in [0.29, 0.717) is 0 Å². The first-order chi connectivity index (χ1) is 9.34. The molecule has 4 nitrogen and oxygen atoms in total. The first-order valence-corrected chi connectivity index (χ1v) is 6.61. The molecule has 0 aromatic heterocycles. The van der Waals surface area contributed by atoms with Crippen LogP contribution in [0.1, 0.15) is 37.5 Å². The van der Waals surface area contributed by atoms with Gasteiger partial charge in [-0.05, 0) is 36.1 Å². The molecule has 4 heteroatoms. The number of esters is 2. The summed E-state index contributed by atoms with van der Waals surface area (Å²) in [6.45, 7) is 7.03. The lowest BCUT2D eigenvalue weighted by Gasteiger charge is -2.29. The van der Waals surface area contributed by atoms with Crippen molar-refractivity contribution < 1.29 is 19.1 Å². The van der Waals surface area contributed by atoms with Crippen LogP contribution in [-0.4, -0.2) is 17.7 Å². The summed E-state index contributed by atoms with van der Waals surface area (Å²) in [5, 5.41) is 0. The zero-order chi connectivity index (χ0) is 14.9. The first kappa shape index (κ1) is 14.3. The number of carbonyl (C=O) groups is 2. The summed E-state index contributed by atoms with van der Waals surface area (Å²) >= 11 is 0. The molecular weight excluding hydrogens is 256 g/mol. The molecule has 1 fully saturated rings. The second-order valence-electron chi connectivity index (χ2n) is 5.24. The number of aryl methyl sites for hydroxylation is 2. The molecule has 0 N–H and O–H groups in total. The Bertz CT molecular complexity index is 574. The minimum Gasteiger partial charge on any atom is -0.419 e. The van der Waals surface area contributed by atoms with E-state index in [1.165, 1.54) is 13.8 Å². The standard InChI is InChI=1S/C16H18O4/c1-5-11-8-6-7-10(2)12(11)9-13-14(17)19-16(3,4)20-15(13)18/h6-9H,5H2,1-4H3. The molecule has 1 aromatic rings. The Kier molecular flexibility index (Phi) is 3.66. The average Bonchev–Trinajstić information content (AvgIpc) is 2.33. The summed E-state index contributed by atoms with van der Waals surface area (Å²) in [6.07, 6.45) is 2.38. The third-order valence-corrected chi connectivity index (χ3v) is 3.20. The number of benzene rings is 1. The van der Waals surface area contributed by atoms with E-state index < -0.39 is 17.7 Å². The fourth-order valence-corrected chi connectivity index (χ4v) is 2.18. The Hall–Kier alpha value is -2.10. The molecule has 20 heavy (non-hydrogen) atoms. The van der Waals surface area contributed by atoms with E-state index in [1.807, 2.05) is 32.0 Å². The molecule has 1 saturated heterocycles. The smallest absolute Gasteiger partial charge is 0.348 e. The van der Waals surface area contributed by atoms with Gasteiger partial charge in [0.25, 0.3) is 5.79 Å². The quantitative estimate of drug-likeness (QED) is 0.473. The summed E-state index contributed by atoms with van der Waals surface area (Å²) in [7, 11) is 0. The normalized spacial score (nSPS) is 17.5. The van der Waals surface area contributed by atoms with Crippen LogP contribution in [0.5, 0.6) is 0 Å². The monoisotopic (exact) mass is 274 g/mol. The molecule has 2 rings (SSSR count). The van der Waals surface area contributed by atoms with Gasteiger partial charge < -0.3 is 9.47 Å². The lowest BCUT2D eigenvalue weighted by Crippen LogP contribution is -2.41. The zero-order valence-corrected chi connectivity index (χ0v) is 12.1. The van der Waals surface area contributed by atoms with Crippen molar-refractivity contribution in [1.29, 1.82) is 0 Å². The van der Waals surface area contributed by atoms with Crippen LogP contribution in [0.2, 0.25) is 0 Å². The highest BCUT2D eigenvalue weighted by Crippen LogP contribution is 2.26. The molecule has 106 valence electrons. The lowest BCUT2D eigenvalue weighted by atomic mass is 9.97. The van der Waals surface area contributed by atoms with Gasteiger partial charge in [-0.3, -0.25) is 0 Å². The van der Waals surface area contributed by atoms with E-state index in [-0.39, 0.29) is 5.57 Å². The topological polar surface area (TPSA) is 52.6 Å². The van der Waals surface area contributed by atoms with E-state index in [0.717, 1.165) is 23.1 Å². The molecule has 0 saturated carbocycles. The van der Waals surface area contributed by atoms with Crippen molar-refractivity contribution in [3.05, 3.63) is 40.5 Å². The van der Waals surface area contributed by atoms with Gasteiger partial charge in [-0.15, -0.1) is 0 Å². The van der Waals surface area contributed by atoms with Crippen LogP contribution in [0.3, 0.4) is 0 Å². The van der Waals surface area contributed by atoms with E-state index in [2.05, 4.69) is 0 Å². The number of rotatable bonds is 2. The molecule has 1 heterocycles. The van der Waals surface area contributed by atoms with Crippen LogP contribution in [0, 0.1) is 6.92 Å². The van der Waals surface area contributed by atoms with Gasteiger partial charge in [0, 0.05) is 13.8 Å². The van der Waals surface area contributed by atoms with Gasteiger partial charge in [0.1, 0.15) is 5.57 Å². The van der Waals surface area contributed by atoms with Crippen LogP contribution in [0.25, 0.3) is 6.08 Å². The van der Waals surface area contributed by atoms with E-state index in [1.54, 1.807) is 6.08 Å². The molecule has 0 unspecified atom stereocenters. The summed E-state index contributed by atoms with van der Waals surface area (Å²) in [5.41, 5.74) is 2.89. The number of cyclic esters (lactones) is 2. The highest BCUT2D eigenvalue weighted by atomic mass is 16.7. The van der Waals surface area contributed by atoms with Crippen molar-refractivity contribution in [2.75, 3.05) is 0 Å². The van der Waals surface area contributed by atoms with Gasteiger partial charge in [-0.2, -0.15) is 0 Å². The Labute approximate surface area is 118 Å². The predicted octanol–water partition coefficient (Wildman–Crippen LogP) is 2.78. The maximum Gasteiger partial charge on any atom is 0.348 e. The molecule has 0 atom stereocenters. The minimum atomic E-state index is -1.20. The van der Waals surface area contributed by atoms with Gasteiger partial charge >= 0.3 is 11.9 Å². The number of hydrogen-bond donors (Lipinski definition) is 0. The van der Waals surface area contributed by atoms with E-state index in [9.17, 15) is 9.59 Å². The molecule has 0 aliphatic carbocycles. The van der Waals surface area contributed by atoms with Crippen LogP contribution < -0.4 is 0 Å². The third kappa shape index (κ3) is 2.74. The highest BCUT2D eigenvalue weighted by molar-refractivity contribution is 6.19. The molecular formula is C16H18O4. The highest BCUT2D eigenvalue weighted by Gasteiger charge is 2.38. The van der Waals surface area contributed by atoms with Crippen LogP contribution in [0.15, 0.2) is 23.8 Å². The fourth-order valence-electron chi connectivity index (χ4n) is 2.18. The third-order valence-electron chi connectivity index (χ3n) is 3.20. The van der Waals surface area contributed by atoms with Crippen molar-refractivity contribution in [2.24, 2.45) is 0 Å². The molecule has 1 aliphatic heterocycles. The van der Waals surface area contributed by atoms with Crippen LogP contribution in [0.4, 0.5) is 0 Å². The lowest BCUT2D eigenvalue weighted by molar-refractivity contribution is -0.222. The van der Waals surface area contributed by atoms with Crippen LogP contribution >= 0.6 is 0 Å². The SMILES string of the molecule is CCc1cccc(C)c1C=C1C(=O)OC(C)(C)OC1=O. The summed E-state index contributed by atoms with van der Waals surface area (Å²) in [4.78, 5) is 23.9. The van der Waals surface area contributed by atoms with Crippen LogP contribution in [-0.2, 0) is 25.5 Å². The number of carbonyl (C=O) groups excluding carboxylic acids is 2. The summed E-state index contributed by atoms with van der Waals surface area (Å²) < 4.78 is 10.2. The molecule has 1 aromatic carbocycles. The largest absolute Gasteiger partial charge is 0.419 e. The van der Waals surface area contributed by atoms with Crippen molar-refractivity contribution in [1.82, 2.24) is 0 Å². The van der Waals surface area contributed by atoms with Crippen molar-refractivity contribution in [2.45, 2.75) is 39.9 Å².